The van der Waals surface area contributed by atoms with Gasteiger partial charge in [0.15, 0.2) is 0 Å². The number of anilines is 1. The summed E-state index contributed by atoms with van der Waals surface area (Å²) in [7, 11) is -3.85. The second kappa shape index (κ2) is 6.52. The lowest BCUT2D eigenvalue weighted by molar-refractivity contribution is 0.100. The Morgan fingerprint density at radius 2 is 1.56 bits per heavy atom. The van der Waals surface area contributed by atoms with E-state index in [2.05, 4.69) is 25.5 Å². The average molecular weight is 360 g/mol. The van der Waals surface area contributed by atoms with Gasteiger partial charge >= 0.3 is 0 Å². The number of carbonyl (C=O) groups is 1. The van der Waals surface area contributed by atoms with Gasteiger partial charge in [-0.05, 0) is 48.1 Å². The quantitative estimate of drug-likeness (QED) is 0.874. The summed E-state index contributed by atoms with van der Waals surface area (Å²) in [4.78, 5) is 11.7. The smallest absolute Gasteiger partial charge is 0.262 e. The molecule has 0 saturated carbocycles. The van der Waals surface area contributed by atoms with Crippen molar-refractivity contribution in [3.8, 4) is 0 Å². The van der Waals surface area contributed by atoms with Crippen LogP contribution >= 0.6 is 0 Å². The Morgan fingerprint density at radius 3 is 2.04 bits per heavy atom. The molecule has 0 saturated heterocycles. The molecule has 2 rings (SSSR count). The Bertz CT molecular complexity index is 903. The second-order valence-corrected chi connectivity index (χ2v) is 8.82. The number of benzene rings is 2. The molecule has 0 aromatic heterocycles. The number of nitrogens with one attached hydrogen (secondary N) is 1. The zero-order valence-corrected chi connectivity index (χ0v) is 16.0. The fraction of sp³-hybridized carbons (Fsp3) is 0.316. The molecule has 134 valence electrons. The first kappa shape index (κ1) is 19.0. The summed E-state index contributed by atoms with van der Waals surface area (Å²) < 4.78 is 28.3. The van der Waals surface area contributed by atoms with Crippen LogP contribution in [0.3, 0.4) is 0 Å². The monoisotopic (exact) mass is 360 g/mol. The molecule has 3 N–H and O–H groups in total. The Labute approximate surface area is 149 Å². The van der Waals surface area contributed by atoms with E-state index in [-0.39, 0.29) is 21.6 Å². The second-order valence-electron chi connectivity index (χ2n) is 7.20. The van der Waals surface area contributed by atoms with E-state index in [9.17, 15) is 13.2 Å². The minimum absolute atomic E-state index is 0.0796. The van der Waals surface area contributed by atoms with Gasteiger partial charge in [0.1, 0.15) is 0 Å². The van der Waals surface area contributed by atoms with Gasteiger partial charge in [-0.1, -0.05) is 45.0 Å². The van der Waals surface area contributed by atoms with Gasteiger partial charge in [-0.3, -0.25) is 9.52 Å². The summed E-state index contributed by atoms with van der Waals surface area (Å²) in [6.45, 7) is 9.79. The summed E-state index contributed by atoms with van der Waals surface area (Å²) in [6, 6.07) is 10.1. The van der Waals surface area contributed by atoms with Gasteiger partial charge in [0.2, 0.25) is 0 Å². The molecular weight excluding hydrogens is 336 g/mol. The first-order valence-corrected chi connectivity index (χ1v) is 9.45. The van der Waals surface area contributed by atoms with Crippen LogP contribution < -0.4 is 10.5 Å². The average Bonchev–Trinajstić information content (AvgIpc) is 2.44. The highest BCUT2D eigenvalue weighted by Gasteiger charge is 2.24. The predicted octanol–water partition coefficient (Wildman–Crippen LogP) is 3.50. The Balaban J connectivity index is 2.54. The van der Waals surface area contributed by atoms with Gasteiger partial charge in [-0.25, -0.2) is 8.42 Å². The molecule has 0 fully saturated rings. The normalized spacial score (nSPS) is 12.0. The van der Waals surface area contributed by atoms with E-state index >= 15 is 0 Å². The fourth-order valence-electron chi connectivity index (χ4n) is 2.79. The summed E-state index contributed by atoms with van der Waals surface area (Å²) in [5.41, 5.74) is 7.94. The lowest BCUT2D eigenvalue weighted by Crippen LogP contribution is -2.21. The highest BCUT2D eigenvalue weighted by molar-refractivity contribution is 7.92. The zero-order valence-electron chi connectivity index (χ0n) is 15.2. The van der Waals surface area contributed by atoms with Crippen LogP contribution in [0.1, 0.15) is 47.8 Å². The van der Waals surface area contributed by atoms with E-state index in [4.69, 9.17) is 5.73 Å². The number of hydrogen-bond donors (Lipinski definition) is 2. The van der Waals surface area contributed by atoms with Crippen molar-refractivity contribution in [2.45, 2.75) is 44.9 Å². The minimum Gasteiger partial charge on any atom is -0.366 e. The highest BCUT2D eigenvalue weighted by Crippen LogP contribution is 2.30. The van der Waals surface area contributed by atoms with E-state index in [1.807, 2.05) is 12.1 Å². The number of aryl methyl sites for hydroxylation is 2. The summed E-state index contributed by atoms with van der Waals surface area (Å²) in [5.74, 6) is -0.685. The number of amides is 1. The molecule has 0 bridgehead atoms. The highest BCUT2D eigenvalue weighted by atomic mass is 32.2. The lowest BCUT2D eigenvalue weighted by Gasteiger charge is -2.22. The number of carbonyl (C=O) groups excluding carboxylic acids is 1. The molecule has 0 unspecified atom stereocenters. The molecule has 2 aromatic carbocycles. The molecule has 0 spiro atoms. The Kier molecular flexibility index (Phi) is 4.95. The van der Waals surface area contributed by atoms with Crippen LogP contribution in [-0.4, -0.2) is 14.3 Å². The van der Waals surface area contributed by atoms with Crippen molar-refractivity contribution in [3.63, 3.8) is 0 Å². The van der Waals surface area contributed by atoms with E-state index in [0.717, 1.165) is 5.56 Å². The molecular formula is C19H24N2O3S. The largest absolute Gasteiger partial charge is 0.366 e. The molecule has 0 heterocycles. The molecule has 0 aliphatic heterocycles. The van der Waals surface area contributed by atoms with E-state index in [1.165, 1.54) is 12.1 Å². The summed E-state index contributed by atoms with van der Waals surface area (Å²) in [5, 5.41) is 0. The Hall–Kier alpha value is -2.34. The summed E-state index contributed by atoms with van der Waals surface area (Å²) >= 11 is 0. The molecule has 0 aliphatic carbocycles. The van der Waals surface area contributed by atoms with Crippen molar-refractivity contribution in [3.05, 3.63) is 58.7 Å². The van der Waals surface area contributed by atoms with Gasteiger partial charge in [0.25, 0.3) is 15.9 Å². The number of primary amides is 1. The maximum absolute atomic E-state index is 12.9. The van der Waals surface area contributed by atoms with Crippen molar-refractivity contribution in [1.82, 2.24) is 0 Å². The maximum Gasteiger partial charge on any atom is 0.262 e. The Morgan fingerprint density at radius 1 is 1.04 bits per heavy atom. The van der Waals surface area contributed by atoms with Crippen molar-refractivity contribution < 1.29 is 13.2 Å². The van der Waals surface area contributed by atoms with Gasteiger partial charge in [0.05, 0.1) is 16.1 Å². The lowest BCUT2D eigenvalue weighted by atomic mass is 9.85. The van der Waals surface area contributed by atoms with Crippen molar-refractivity contribution in [2.75, 3.05) is 4.72 Å². The topological polar surface area (TPSA) is 89.3 Å². The third-order valence-electron chi connectivity index (χ3n) is 4.03. The van der Waals surface area contributed by atoms with Gasteiger partial charge in [0, 0.05) is 0 Å². The van der Waals surface area contributed by atoms with Gasteiger partial charge < -0.3 is 5.73 Å². The van der Waals surface area contributed by atoms with E-state index < -0.39 is 15.9 Å². The van der Waals surface area contributed by atoms with Crippen molar-refractivity contribution in [2.24, 2.45) is 5.73 Å². The van der Waals surface area contributed by atoms with Crippen LogP contribution in [-0.2, 0) is 15.4 Å². The minimum atomic E-state index is -3.85. The maximum atomic E-state index is 12.9. The van der Waals surface area contributed by atoms with Crippen molar-refractivity contribution in [1.29, 1.82) is 0 Å². The fourth-order valence-corrected chi connectivity index (χ4v) is 4.33. The van der Waals surface area contributed by atoms with Crippen molar-refractivity contribution >= 4 is 21.6 Å². The van der Waals surface area contributed by atoms with Crippen LogP contribution in [0.4, 0.5) is 5.69 Å². The van der Waals surface area contributed by atoms with Crippen LogP contribution in [0.15, 0.2) is 41.3 Å². The van der Waals surface area contributed by atoms with Crippen LogP contribution in [0, 0.1) is 13.8 Å². The summed E-state index contributed by atoms with van der Waals surface area (Å²) in [6.07, 6.45) is 0. The first-order chi connectivity index (χ1) is 11.4. The zero-order chi connectivity index (χ0) is 19.0. The molecule has 6 heteroatoms. The van der Waals surface area contributed by atoms with E-state index in [0.29, 0.717) is 11.1 Å². The molecule has 5 nitrogen and oxygen atoms in total. The van der Waals surface area contributed by atoms with Crippen LogP contribution in [0.5, 0.6) is 0 Å². The SMILES string of the molecule is Cc1cc(C(C)(C)C)cc(C)c1S(=O)(=O)Nc1ccccc1C(N)=O. The van der Waals surface area contributed by atoms with Crippen LogP contribution in [0.2, 0.25) is 0 Å². The standard InChI is InChI=1S/C19H24N2O3S/c1-12-10-14(19(3,4)5)11-13(2)17(12)25(23,24)21-16-9-7-6-8-15(16)18(20)22/h6-11,21H,1-5H3,(H2,20,22). The number of rotatable bonds is 4. The number of hydrogen-bond acceptors (Lipinski definition) is 3. The molecule has 0 aliphatic rings. The molecule has 1 amide bonds. The van der Waals surface area contributed by atoms with E-state index in [1.54, 1.807) is 26.0 Å². The number of nitrogens with two attached hydrogens (primary N) is 1. The van der Waals surface area contributed by atoms with Crippen LogP contribution in [0.25, 0.3) is 0 Å². The van der Waals surface area contributed by atoms with Gasteiger partial charge in [-0.2, -0.15) is 0 Å². The molecule has 2 aromatic rings. The molecule has 0 radical (unpaired) electrons. The third kappa shape index (κ3) is 4.02. The predicted molar refractivity (Wildman–Crippen MR) is 100 cm³/mol. The molecule has 25 heavy (non-hydrogen) atoms. The third-order valence-corrected chi connectivity index (χ3v) is 5.70. The number of sulfonamides is 1. The number of para-hydroxylation sites is 1. The first-order valence-electron chi connectivity index (χ1n) is 7.97. The molecule has 0 atom stereocenters. The van der Waals surface area contributed by atoms with Gasteiger partial charge in [-0.15, -0.1) is 0 Å².